The van der Waals surface area contributed by atoms with Crippen LogP contribution in [0.25, 0.3) is 0 Å². The molecule has 2 atom stereocenters. The summed E-state index contributed by atoms with van der Waals surface area (Å²) in [6, 6.07) is 1.36. The molecule has 6 heteroatoms. The number of amides is 2. The van der Waals surface area contributed by atoms with Gasteiger partial charge < -0.3 is 10.2 Å². The Labute approximate surface area is 137 Å². The smallest absolute Gasteiger partial charge is 0.246 e. The third kappa shape index (κ3) is 3.01. The molecule has 2 unspecified atom stereocenters. The van der Waals surface area contributed by atoms with Gasteiger partial charge in [0.1, 0.15) is 12.1 Å². The third-order valence-electron chi connectivity index (χ3n) is 4.19. The van der Waals surface area contributed by atoms with Crippen LogP contribution in [-0.4, -0.2) is 28.8 Å². The Kier molecular flexibility index (Phi) is 4.36. The SMILES string of the molecule is CCCC1C(=O)NC(C2CC2)C(=O)N1Cc1sccc1Br. The first kappa shape index (κ1) is 15.0. The summed E-state index contributed by atoms with van der Waals surface area (Å²) in [5.41, 5.74) is 0. The van der Waals surface area contributed by atoms with Crippen molar-refractivity contribution in [2.45, 2.75) is 51.2 Å². The van der Waals surface area contributed by atoms with Crippen LogP contribution < -0.4 is 5.32 Å². The van der Waals surface area contributed by atoms with Crippen molar-refractivity contribution < 1.29 is 9.59 Å². The minimum absolute atomic E-state index is 0.0148. The Morgan fingerprint density at radius 1 is 1.43 bits per heavy atom. The third-order valence-corrected chi connectivity index (χ3v) is 6.10. The summed E-state index contributed by atoms with van der Waals surface area (Å²) < 4.78 is 1.02. The number of carbonyl (C=O) groups excluding carboxylic acids is 2. The molecule has 114 valence electrons. The molecule has 4 nitrogen and oxygen atoms in total. The minimum atomic E-state index is -0.327. The van der Waals surface area contributed by atoms with Gasteiger partial charge in [0, 0.05) is 9.35 Å². The quantitative estimate of drug-likeness (QED) is 0.865. The topological polar surface area (TPSA) is 49.4 Å². The lowest BCUT2D eigenvalue weighted by Crippen LogP contribution is -2.63. The predicted molar refractivity (Wildman–Crippen MR) is 85.9 cm³/mol. The van der Waals surface area contributed by atoms with Crippen LogP contribution in [-0.2, 0) is 16.1 Å². The fourth-order valence-electron chi connectivity index (χ4n) is 2.88. The first-order valence-corrected chi connectivity index (χ1v) is 9.11. The van der Waals surface area contributed by atoms with Crippen molar-refractivity contribution >= 4 is 39.1 Å². The Balaban J connectivity index is 1.84. The van der Waals surface area contributed by atoms with E-state index in [1.165, 1.54) is 0 Å². The number of halogens is 1. The van der Waals surface area contributed by atoms with E-state index in [9.17, 15) is 9.59 Å². The van der Waals surface area contributed by atoms with Gasteiger partial charge in [-0.05, 0) is 52.6 Å². The summed E-state index contributed by atoms with van der Waals surface area (Å²) in [5.74, 6) is 0.454. The molecule has 21 heavy (non-hydrogen) atoms. The van der Waals surface area contributed by atoms with Gasteiger partial charge in [0.05, 0.1) is 6.54 Å². The van der Waals surface area contributed by atoms with E-state index in [1.54, 1.807) is 16.2 Å². The van der Waals surface area contributed by atoms with Crippen LogP contribution >= 0.6 is 27.3 Å². The number of rotatable bonds is 5. The zero-order chi connectivity index (χ0) is 15.0. The number of piperazine rings is 1. The summed E-state index contributed by atoms with van der Waals surface area (Å²) in [6.07, 6.45) is 3.71. The van der Waals surface area contributed by atoms with Crippen LogP contribution in [0.4, 0.5) is 0 Å². The number of carbonyl (C=O) groups is 2. The minimum Gasteiger partial charge on any atom is -0.342 e. The highest BCUT2D eigenvalue weighted by molar-refractivity contribution is 9.10. The number of thiophene rings is 1. The lowest BCUT2D eigenvalue weighted by molar-refractivity contribution is -0.151. The molecule has 2 fully saturated rings. The van der Waals surface area contributed by atoms with E-state index in [-0.39, 0.29) is 23.9 Å². The molecule has 0 aromatic carbocycles. The molecule has 0 bridgehead atoms. The van der Waals surface area contributed by atoms with Crippen LogP contribution in [0.1, 0.15) is 37.5 Å². The van der Waals surface area contributed by atoms with Crippen LogP contribution in [0.2, 0.25) is 0 Å². The second kappa shape index (κ2) is 6.08. The molecule has 1 aliphatic heterocycles. The lowest BCUT2D eigenvalue weighted by Gasteiger charge is -2.39. The highest BCUT2D eigenvalue weighted by Crippen LogP contribution is 2.36. The number of hydrogen-bond acceptors (Lipinski definition) is 3. The highest BCUT2D eigenvalue weighted by Gasteiger charge is 2.46. The van der Waals surface area contributed by atoms with E-state index in [1.807, 2.05) is 18.4 Å². The monoisotopic (exact) mass is 370 g/mol. The Hall–Kier alpha value is -0.880. The average molecular weight is 371 g/mol. The molecule has 2 amide bonds. The molecule has 1 saturated carbocycles. The van der Waals surface area contributed by atoms with Crippen molar-refractivity contribution in [3.05, 3.63) is 20.8 Å². The number of nitrogens with one attached hydrogen (secondary N) is 1. The van der Waals surface area contributed by atoms with Gasteiger partial charge in [-0.3, -0.25) is 9.59 Å². The second-order valence-corrected chi connectivity index (χ2v) is 7.64. The molecule has 0 spiro atoms. The summed E-state index contributed by atoms with van der Waals surface area (Å²) in [5, 5.41) is 4.95. The van der Waals surface area contributed by atoms with Gasteiger partial charge in [-0.1, -0.05) is 13.3 Å². The Morgan fingerprint density at radius 3 is 2.76 bits per heavy atom. The van der Waals surface area contributed by atoms with Gasteiger partial charge in [-0.2, -0.15) is 0 Å². The molecule has 1 saturated heterocycles. The fourth-order valence-corrected chi connectivity index (χ4v) is 4.35. The summed E-state index contributed by atoms with van der Waals surface area (Å²) >= 11 is 5.13. The molecule has 1 aliphatic carbocycles. The maximum atomic E-state index is 12.8. The highest BCUT2D eigenvalue weighted by atomic mass is 79.9. The molecule has 0 radical (unpaired) electrons. The van der Waals surface area contributed by atoms with Gasteiger partial charge in [-0.25, -0.2) is 0 Å². The average Bonchev–Trinajstić information content (AvgIpc) is 3.22. The lowest BCUT2D eigenvalue weighted by atomic mass is 10.0. The van der Waals surface area contributed by atoms with Crippen LogP contribution in [0.5, 0.6) is 0 Å². The molecule has 2 aliphatic rings. The first-order valence-electron chi connectivity index (χ1n) is 7.44. The van der Waals surface area contributed by atoms with Crippen molar-refractivity contribution in [1.82, 2.24) is 10.2 Å². The van der Waals surface area contributed by atoms with Gasteiger partial charge in [0.15, 0.2) is 0 Å². The molecule has 1 aromatic heterocycles. The summed E-state index contributed by atoms with van der Waals surface area (Å²) in [6.45, 7) is 2.57. The van der Waals surface area contributed by atoms with Crippen molar-refractivity contribution in [3.63, 3.8) is 0 Å². The van der Waals surface area contributed by atoms with Gasteiger partial charge in [0.2, 0.25) is 11.8 Å². The first-order chi connectivity index (χ1) is 10.1. The van der Waals surface area contributed by atoms with Crippen molar-refractivity contribution in [2.24, 2.45) is 5.92 Å². The maximum absolute atomic E-state index is 12.8. The van der Waals surface area contributed by atoms with E-state index in [4.69, 9.17) is 0 Å². The van der Waals surface area contributed by atoms with Crippen LogP contribution in [0.15, 0.2) is 15.9 Å². The Bertz CT molecular complexity index is 556. The molecular formula is C15H19BrN2O2S. The normalized spacial score (nSPS) is 26.1. The predicted octanol–water partition coefficient (Wildman–Crippen LogP) is 2.92. The largest absolute Gasteiger partial charge is 0.342 e. The molecule has 1 aromatic rings. The summed E-state index contributed by atoms with van der Waals surface area (Å²) in [7, 11) is 0. The van der Waals surface area contributed by atoms with Crippen molar-refractivity contribution in [2.75, 3.05) is 0 Å². The fraction of sp³-hybridized carbons (Fsp3) is 0.600. The summed E-state index contributed by atoms with van der Waals surface area (Å²) in [4.78, 5) is 28.1. The van der Waals surface area contributed by atoms with Gasteiger partial charge in [-0.15, -0.1) is 11.3 Å². The number of hydrogen-bond donors (Lipinski definition) is 1. The van der Waals surface area contributed by atoms with Gasteiger partial charge in [0.25, 0.3) is 0 Å². The molecule has 2 heterocycles. The Morgan fingerprint density at radius 2 is 2.19 bits per heavy atom. The second-order valence-electron chi connectivity index (χ2n) is 5.79. The van der Waals surface area contributed by atoms with Crippen LogP contribution in [0, 0.1) is 5.92 Å². The van der Waals surface area contributed by atoms with Crippen molar-refractivity contribution in [3.8, 4) is 0 Å². The molecular weight excluding hydrogens is 352 g/mol. The molecule has 3 rings (SSSR count). The van der Waals surface area contributed by atoms with E-state index < -0.39 is 0 Å². The van der Waals surface area contributed by atoms with Crippen LogP contribution in [0.3, 0.4) is 0 Å². The van der Waals surface area contributed by atoms with Crippen molar-refractivity contribution in [1.29, 1.82) is 0 Å². The number of nitrogens with zero attached hydrogens (tertiary/aromatic N) is 1. The van der Waals surface area contributed by atoms with E-state index in [2.05, 4.69) is 21.2 Å². The maximum Gasteiger partial charge on any atom is 0.246 e. The van der Waals surface area contributed by atoms with Gasteiger partial charge >= 0.3 is 0 Å². The van der Waals surface area contributed by atoms with E-state index in [0.29, 0.717) is 12.5 Å². The standard InChI is InChI=1S/C15H19BrN2O2S/c1-2-3-11-14(19)17-13(9-4-5-9)15(20)18(11)8-12-10(16)6-7-21-12/h6-7,9,11,13H,2-5,8H2,1H3,(H,17,19). The zero-order valence-corrected chi connectivity index (χ0v) is 14.4. The molecule has 1 N–H and O–H groups in total. The van der Waals surface area contributed by atoms with E-state index >= 15 is 0 Å². The van der Waals surface area contributed by atoms with E-state index in [0.717, 1.165) is 35.0 Å². The zero-order valence-electron chi connectivity index (χ0n) is 12.0.